The van der Waals surface area contributed by atoms with Crippen LogP contribution >= 0.6 is 0 Å². The zero-order valence-corrected chi connectivity index (χ0v) is 6.63. The van der Waals surface area contributed by atoms with Gasteiger partial charge in [-0.1, -0.05) is 13.8 Å². The minimum atomic E-state index is -1.44. The lowest BCUT2D eigenvalue weighted by molar-refractivity contribution is 0.477. The minimum Gasteiger partial charge on any atom is -0.195 e. The molecule has 0 fully saturated rings. The maximum absolute atomic E-state index is 8.53. The van der Waals surface area contributed by atoms with Gasteiger partial charge in [0.2, 0.25) is 5.41 Å². The van der Waals surface area contributed by atoms with Gasteiger partial charge in [0.15, 0.2) is 0 Å². The average molecular weight is 147 g/mol. The van der Waals surface area contributed by atoms with Crippen molar-refractivity contribution >= 4 is 0 Å². The Morgan fingerprint density at radius 3 is 1.55 bits per heavy atom. The molecule has 0 aliphatic rings. The highest BCUT2D eigenvalue weighted by Gasteiger charge is 2.30. The van der Waals surface area contributed by atoms with Gasteiger partial charge in [0.25, 0.3) is 0 Å². The molecule has 0 aliphatic carbocycles. The molecule has 0 aromatic rings. The molecular weight excluding hydrogens is 138 g/mol. The second-order valence-corrected chi connectivity index (χ2v) is 2.84. The SMILES string of the molecule is CC(C)CC(C#N)(C#N)C#N. The van der Waals surface area contributed by atoms with Crippen LogP contribution in [0.25, 0.3) is 0 Å². The molecule has 0 spiro atoms. The molecule has 0 aromatic carbocycles. The van der Waals surface area contributed by atoms with Gasteiger partial charge in [-0.2, -0.15) is 15.8 Å². The number of hydrogen-bond acceptors (Lipinski definition) is 3. The van der Waals surface area contributed by atoms with Crippen LogP contribution in [0.1, 0.15) is 20.3 Å². The zero-order chi connectivity index (χ0) is 8.91. The van der Waals surface area contributed by atoms with Crippen molar-refractivity contribution in [2.45, 2.75) is 20.3 Å². The lowest BCUT2D eigenvalue weighted by atomic mass is 9.84. The van der Waals surface area contributed by atoms with Crippen molar-refractivity contribution in [1.82, 2.24) is 0 Å². The summed E-state index contributed by atoms with van der Waals surface area (Å²) < 4.78 is 0. The molecule has 0 N–H and O–H groups in total. The van der Waals surface area contributed by atoms with Crippen molar-refractivity contribution in [3.8, 4) is 18.2 Å². The predicted octanol–water partition coefficient (Wildman–Crippen LogP) is 1.59. The monoisotopic (exact) mass is 147 g/mol. The molecule has 3 nitrogen and oxygen atoms in total. The van der Waals surface area contributed by atoms with Crippen LogP contribution in [0, 0.1) is 45.3 Å². The van der Waals surface area contributed by atoms with Crippen LogP contribution in [0.3, 0.4) is 0 Å². The van der Waals surface area contributed by atoms with E-state index in [2.05, 4.69) is 0 Å². The highest BCUT2D eigenvalue weighted by atomic mass is 14.4. The number of hydrogen-bond donors (Lipinski definition) is 0. The molecule has 0 atom stereocenters. The first-order valence-electron chi connectivity index (χ1n) is 3.34. The molecule has 56 valence electrons. The lowest BCUT2D eigenvalue weighted by Gasteiger charge is -2.10. The van der Waals surface area contributed by atoms with Gasteiger partial charge < -0.3 is 0 Å². The second-order valence-electron chi connectivity index (χ2n) is 2.84. The summed E-state index contributed by atoms with van der Waals surface area (Å²) in [6.07, 6.45) is 0.316. The highest BCUT2D eigenvalue weighted by Crippen LogP contribution is 2.23. The Morgan fingerprint density at radius 1 is 1.09 bits per heavy atom. The molecule has 0 unspecified atom stereocenters. The van der Waals surface area contributed by atoms with Crippen molar-refractivity contribution in [3.63, 3.8) is 0 Å². The molecule has 0 saturated carbocycles. The molecule has 0 aromatic heterocycles. The van der Waals surface area contributed by atoms with E-state index in [9.17, 15) is 0 Å². The fraction of sp³-hybridized carbons (Fsp3) is 0.625. The highest BCUT2D eigenvalue weighted by molar-refractivity contribution is 5.25. The first kappa shape index (κ1) is 9.47. The summed E-state index contributed by atoms with van der Waals surface area (Å²) in [6.45, 7) is 3.75. The van der Waals surface area contributed by atoms with Crippen LogP contribution in [0.15, 0.2) is 0 Å². The Balaban J connectivity index is 4.54. The largest absolute Gasteiger partial charge is 0.228 e. The molecule has 0 saturated heterocycles. The van der Waals surface area contributed by atoms with Crippen molar-refractivity contribution in [2.24, 2.45) is 11.3 Å². The van der Waals surface area contributed by atoms with Gasteiger partial charge in [-0.15, -0.1) is 0 Å². The smallest absolute Gasteiger partial charge is 0.195 e. The van der Waals surface area contributed by atoms with Crippen LogP contribution < -0.4 is 0 Å². The van der Waals surface area contributed by atoms with E-state index < -0.39 is 5.41 Å². The van der Waals surface area contributed by atoms with E-state index in [1.54, 1.807) is 18.2 Å². The van der Waals surface area contributed by atoms with Crippen LogP contribution in [0.2, 0.25) is 0 Å². The average Bonchev–Trinajstić information content (AvgIpc) is 2.00. The summed E-state index contributed by atoms with van der Waals surface area (Å²) in [4.78, 5) is 0. The van der Waals surface area contributed by atoms with E-state index in [4.69, 9.17) is 15.8 Å². The third-order valence-corrected chi connectivity index (χ3v) is 1.29. The number of nitrogens with zero attached hydrogens (tertiary/aromatic N) is 3. The van der Waals surface area contributed by atoms with Crippen molar-refractivity contribution in [2.75, 3.05) is 0 Å². The molecule has 0 rings (SSSR count). The Kier molecular flexibility index (Phi) is 3.09. The van der Waals surface area contributed by atoms with Gasteiger partial charge in [-0.25, -0.2) is 0 Å². The standard InChI is InChI=1S/C8H9N3/c1-7(2)3-8(4-9,5-10)6-11/h7H,3H2,1-2H3. The van der Waals surface area contributed by atoms with Crippen LogP contribution in [-0.4, -0.2) is 0 Å². The van der Waals surface area contributed by atoms with Gasteiger partial charge in [-0.05, 0) is 12.3 Å². The molecule has 3 heteroatoms. The van der Waals surface area contributed by atoms with Gasteiger partial charge in [0, 0.05) is 0 Å². The van der Waals surface area contributed by atoms with Crippen LogP contribution in [-0.2, 0) is 0 Å². The van der Waals surface area contributed by atoms with Gasteiger partial charge in [0.1, 0.15) is 18.2 Å². The van der Waals surface area contributed by atoms with E-state index in [-0.39, 0.29) is 5.92 Å². The molecule has 11 heavy (non-hydrogen) atoms. The van der Waals surface area contributed by atoms with Crippen molar-refractivity contribution in [1.29, 1.82) is 15.8 Å². The number of rotatable bonds is 2. The van der Waals surface area contributed by atoms with E-state index in [0.717, 1.165) is 0 Å². The van der Waals surface area contributed by atoms with E-state index in [0.29, 0.717) is 6.42 Å². The third kappa shape index (κ3) is 2.28. The van der Waals surface area contributed by atoms with Gasteiger partial charge in [-0.3, -0.25) is 0 Å². The third-order valence-electron chi connectivity index (χ3n) is 1.29. The Morgan fingerprint density at radius 2 is 1.45 bits per heavy atom. The van der Waals surface area contributed by atoms with E-state index >= 15 is 0 Å². The van der Waals surface area contributed by atoms with Gasteiger partial charge in [0.05, 0.1) is 0 Å². The normalized spacial score (nSPS) is 9.82. The van der Waals surface area contributed by atoms with Crippen molar-refractivity contribution in [3.05, 3.63) is 0 Å². The first-order chi connectivity index (χ1) is 5.10. The fourth-order valence-electron chi connectivity index (χ4n) is 0.824. The summed E-state index contributed by atoms with van der Waals surface area (Å²) in [5, 5.41) is 25.6. The maximum Gasteiger partial charge on any atom is 0.228 e. The predicted molar refractivity (Wildman–Crippen MR) is 38.7 cm³/mol. The Bertz CT molecular complexity index is 210. The molecular formula is C8H9N3. The molecule has 0 heterocycles. The molecule has 0 amide bonds. The summed E-state index contributed by atoms with van der Waals surface area (Å²) in [7, 11) is 0. The van der Waals surface area contributed by atoms with Crippen LogP contribution in [0.5, 0.6) is 0 Å². The molecule has 0 aliphatic heterocycles. The van der Waals surface area contributed by atoms with Crippen LogP contribution in [0.4, 0.5) is 0 Å². The lowest BCUT2D eigenvalue weighted by Crippen LogP contribution is -2.15. The maximum atomic E-state index is 8.53. The van der Waals surface area contributed by atoms with Gasteiger partial charge >= 0.3 is 0 Å². The minimum absolute atomic E-state index is 0.189. The van der Waals surface area contributed by atoms with E-state index in [1.165, 1.54) is 0 Å². The molecule has 0 bridgehead atoms. The topological polar surface area (TPSA) is 71.4 Å². The summed E-state index contributed by atoms with van der Waals surface area (Å²) in [5.41, 5.74) is -1.44. The summed E-state index contributed by atoms with van der Waals surface area (Å²) >= 11 is 0. The Hall–Kier alpha value is -1.53. The van der Waals surface area contributed by atoms with E-state index in [1.807, 2.05) is 13.8 Å². The fourth-order valence-corrected chi connectivity index (χ4v) is 0.824. The quantitative estimate of drug-likeness (QED) is 0.595. The summed E-state index contributed by atoms with van der Waals surface area (Å²) in [6, 6.07) is 5.17. The second kappa shape index (κ2) is 3.59. The van der Waals surface area contributed by atoms with Crippen molar-refractivity contribution < 1.29 is 0 Å². The Labute approximate surface area is 66.5 Å². The first-order valence-corrected chi connectivity index (χ1v) is 3.34. The number of nitriles is 3. The zero-order valence-electron chi connectivity index (χ0n) is 6.63. The molecule has 0 radical (unpaired) electrons. The summed E-state index contributed by atoms with van der Waals surface area (Å²) in [5.74, 6) is 0.189.